The fourth-order valence-electron chi connectivity index (χ4n) is 4.21. The second-order valence-corrected chi connectivity index (χ2v) is 7.56. The molecule has 23 heavy (non-hydrogen) atoms. The Morgan fingerprint density at radius 2 is 1.87 bits per heavy atom. The second kappa shape index (κ2) is 8.27. The number of piperidine rings is 1. The molecule has 2 fully saturated rings. The lowest BCUT2D eigenvalue weighted by Crippen LogP contribution is -2.45. The van der Waals surface area contributed by atoms with E-state index >= 15 is 0 Å². The van der Waals surface area contributed by atoms with Gasteiger partial charge in [0, 0.05) is 19.1 Å². The fraction of sp³-hybridized carbons (Fsp3) is 0.700. The number of likely N-dealkylation sites (tertiary alicyclic amines) is 1. The summed E-state index contributed by atoms with van der Waals surface area (Å²) in [7, 11) is 0. The lowest BCUT2D eigenvalue weighted by molar-refractivity contribution is -0.0428. The van der Waals surface area contributed by atoms with Gasteiger partial charge < -0.3 is 10.1 Å². The van der Waals surface area contributed by atoms with E-state index in [4.69, 9.17) is 4.74 Å². The summed E-state index contributed by atoms with van der Waals surface area (Å²) >= 11 is 0. The summed E-state index contributed by atoms with van der Waals surface area (Å²) < 4.78 is 5.84. The van der Waals surface area contributed by atoms with E-state index < -0.39 is 0 Å². The number of rotatable bonds is 5. The summed E-state index contributed by atoms with van der Waals surface area (Å²) in [6.07, 6.45) is 5.82. The average molecular weight is 316 g/mol. The fourth-order valence-corrected chi connectivity index (χ4v) is 4.21. The van der Waals surface area contributed by atoms with E-state index in [1.807, 2.05) is 0 Å². The van der Waals surface area contributed by atoms with E-state index in [-0.39, 0.29) is 0 Å². The number of ether oxygens (including phenoxy) is 1. The molecule has 3 atom stereocenters. The van der Waals surface area contributed by atoms with E-state index in [0.29, 0.717) is 18.2 Å². The Balaban J connectivity index is 1.43. The maximum absolute atomic E-state index is 5.84. The maximum atomic E-state index is 5.84. The van der Waals surface area contributed by atoms with Gasteiger partial charge in [0.25, 0.3) is 0 Å². The van der Waals surface area contributed by atoms with Crippen LogP contribution in [0.15, 0.2) is 30.3 Å². The SMILES string of the molecule is C[C@H]1CC(NC[C@@H]2CCCN(Cc3ccccc3)C2)C[C@H](C)O1. The Kier molecular flexibility index (Phi) is 6.09. The molecule has 3 rings (SSSR count). The summed E-state index contributed by atoms with van der Waals surface area (Å²) in [6.45, 7) is 9.14. The van der Waals surface area contributed by atoms with E-state index in [1.54, 1.807) is 0 Å². The van der Waals surface area contributed by atoms with Crippen LogP contribution in [-0.2, 0) is 11.3 Å². The molecule has 128 valence electrons. The van der Waals surface area contributed by atoms with Crippen LogP contribution in [0.1, 0.15) is 45.1 Å². The van der Waals surface area contributed by atoms with Crippen molar-refractivity contribution >= 4 is 0 Å². The van der Waals surface area contributed by atoms with Gasteiger partial charge in [-0.3, -0.25) is 4.90 Å². The first-order valence-electron chi connectivity index (χ1n) is 9.34. The van der Waals surface area contributed by atoms with Crippen molar-refractivity contribution in [2.24, 2.45) is 5.92 Å². The monoisotopic (exact) mass is 316 g/mol. The van der Waals surface area contributed by atoms with Crippen LogP contribution >= 0.6 is 0 Å². The predicted octanol–water partition coefficient (Wildman–Crippen LogP) is 3.44. The van der Waals surface area contributed by atoms with Crippen molar-refractivity contribution in [3.05, 3.63) is 35.9 Å². The highest BCUT2D eigenvalue weighted by molar-refractivity contribution is 5.14. The molecule has 1 N–H and O–H groups in total. The molecule has 1 aromatic rings. The van der Waals surface area contributed by atoms with Crippen LogP contribution in [0.2, 0.25) is 0 Å². The highest BCUT2D eigenvalue weighted by atomic mass is 16.5. The van der Waals surface area contributed by atoms with Gasteiger partial charge in [-0.1, -0.05) is 30.3 Å². The van der Waals surface area contributed by atoms with E-state index in [1.165, 1.54) is 31.5 Å². The smallest absolute Gasteiger partial charge is 0.0565 e. The molecule has 0 unspecified atom stereocenters. The second-order valence-electron chi connectivity index (χ2n) is 7.56. The Morgan fingerprint density at radius 3 is 2.61 bits per heavy atom. The molecule has 0 amide bonds. The van der Waals surface area contributed by atoms with Crippen LogP contribution in [0.5, 0.6) is 0 Å². The Morgan fingerprint density at radius 1 is 1.13 bits per heavy atom. The van der Waals surface area contributed by atoms with Crippen molar-refractivity contribution in [3.8, 4) is 0 Å². The standard InChI is InChI=1S/C20H32N2O/c1-16-11-20(12-17(2)23-16)21-13-19-9-6-10-22(15-19)14-18-7-4-3-5-8-18/h3-5,7-8,16-17,19-21H,6,9-15H2,1-2H3/t16-,17-,19-/m0/s1. The van der Waals surface area contributed by atoms with E-state index in [9.17, 15) is 0 Å². The number of nitrogens with one attached hydrogen (secondary N) is 1. The van der Waals surface area contributed by atoms with E-state index in [2.05, 4.69) is 54.4 Å². The molecular formula is C20H32N2O. The summed E-state index contributed by atoms with van der Waals surface area (Å²) in [5.41, 5.74) is 1.44. The quantitative estimate of drug-likeness (QED) is 0.900. The first-order chi connectivity index (χ1) is 11.2. The van der Waals surface area contributed by atoms with Crippen LogP contribution in [0.25, 0.3) is 0 Å². The lowest BCUT2D eigenvalue weighted by atomic mass is 9.95. The zero-order valence-electron chi connectivity index (χ0n) is 14.7. The summed E-state index contributed by atoms with van der Waals surface area (Å²) in [6, 6.07) is 11.5. The van der Waals surface area contributed by atoms with Gasteiger partial charge in [0.2, 0.25) is 0 Å². The molecule has 0 aromatic heterocycles. The van der Waals surface area contributed by atoms with Crippen molar-refractivity contribution in [2.45, 2.75) is 64.3 Å². The summed E-state index contributed by atoms with van der Waals surface area (Å²) in [5, 5.41) is 3.83. The van der Waals surface area contributed by atoms with Gasteiger partial charge in [0.1, 0.15) is 0 Å². The maximum Gasteiger partial charge on any atom is 0.0565 e. The third kappa shape index (κ3) is 5.30. The molecule has 2 heterocycles. The molecule has 0 aliphatic carbocycles. The number of nitrogens with zero attached hydrogens (tertiary/aromatic N) is 1. The molecule has 1 aromatic carbocycles. The van der Waals surface area contributed by atoms with Gasteiger partial charge in [-0.25, -0.2) is 0 Å². The number of hydrogen-bond acceptors (Lipinski definition) is 3. The van der Waals surface area contributed by atoms with Crippen molar-refractivity contribution in [3.63, 3.8) is 0 Å². The zero-order valence-corrected chi connectivity index (χ0v) is 14.7. The first-order valence-corrected chi connectivity index (χ1v) is 9.34. The highest BCUT2D eigenvalue weighted by Crippen LogP contribution is 2.21. The van der Waals surface area contributed by atoms with Gasteiger partial charge in [-0.05, 0) is 64.1 Å². The normalized spacial score (nSPS) is 32.8. The van der Waals surface area contributed by atoms with Crippen molar-refractivity contribution < 1.29 is 4.74 Å². The van der Waals surface area contributed by atoms with Gasteiger partial charge in [0.05, 0.1) is 12.2 Å². The minimum Gasteiger partial charge on any atom is -0.375 e. The first kappa shape index (κ1) is 16.9. The molecule has 0 saturated carbocycles. The Bertz CT molecular complexity index is 454. The minimum atomic E-state index is 0.400. The van der Waals surface area contributed by atoms with Crippen molar-refractivity contribution in [2.75, 3.05) is 19.6 Å². The third-order valence-electron chi connectivity index (χ3n) is 5.24. The topological polar surface area (TPSA) is 24.5 Å². The van der Waals surface area contributed by atoms with Gasteiger partial charge >= 0.3 is 0 Å². The molecule has 2 aliphatic heterocycles. The van der Waals surface area contributed by atoms with E-state index in [0.717, 1.165) is 31.8 Å². The molecule has 0 bridgehead atoms. The molecule has 0 spiro atoms. The Labute approximate surface area is 141 Å². The van der Waals surface area contributed by atoms with Crippen LogP contribution in [0.4, 0.5) is 0 Å². The largest absolute Gasteiger partial charge is 0.375 e. The summed E-state index contributed by atoms with van der Waals surface area (Å²) in [5.74, 6) is 0.793. The minimum absolute atomic E-state index is 0.400. The van der Waals surface area contributed by atoms with Gasteiger partial charge in [-0.15, -0.1) is 0 Å². The molecule has 2 aliphatic rings. The molecule has 3 nitrogen and oxygen atoms in total. The van der Waals surface area contributed by atoms with Crippen LogP contribution in [-0.4, -0.2) is 42.8 Å². The molecule has 3 heteroatoms. The van der Waals surface area contributed by atoms with Gasteiger partial charge in [-0.2, -0.15) is 0 Å². The molecular weight excluding hydrogens is 284 g/mol. The zero-order chi connectivity index (χ0) is 16.1. The van der Waals surface area contributed by atoms with Crippen LogP contribution < -0.4 is 5.32 Å². The van der Waals surface area contributed by atoms with Crippen LogP contribution in [0.3, 0.4) is 0 Å². The molecule has 2 saturated heterocycles. The Hall–Kier alpha value is -0.900. The van der Waals surface area contributed by atoms with Crippen LogP contribution in [0, 0.1) is 5.92 Å². The highest BCUT2D eigenvalue weighted by Gasteiger charge is 2.26. The number of hydrogen-bond donors (Lipinski definition) is 1. The molecule has 0 radical (unpaired) electrons. The third-order valence-corrected chi connectivity index (χ3v) is 5.24. The van der Waals surface area contributed by atoms with Crippen molar-refractivity contribution in [1.29, 1.82) is 0 Å². The predicted molar refractivity (Wildman–Crippen MR) is 95.5 cm³/mol. The van der Waals surface area contributed by atoms with Crippen molar-refractivity contribution in [1.82, 2.24) is 10.2 Å². The lowest BCUT2D eigenvalue weighted by Gasteiger charge is -2.36. The van der Waals surface area contributed by atoms with Gasteiger partial charge in [0.15, 0.2) is 0 Å². The average Bonchev–Trinajstić information content (AvgIpc) is 2.53. The summed E-state index contributed by atoms with van der Waals surface area (Å²) in [4.78, 5) is 2.63. The number of benzene rings is 1.